The molecule has 0 spiro atoms. The Morgan fingerprint density at radius 3 is 2.12 bits per heavy atom. The minimum Gasteiger partial charge on any atom is -0.507 e. The number of phenols is 2. The summed E-state index contributed by atoms with van der Waals surface area (Å²) in [5.41, 5.74) is 2.59. The van der Waals surface area contributed by atoms with E-state index in [1.165, 1.54) is 12.1 Å². The molecule has 0 aromatic heterocycles. The molecule has 0 aliphatic heterocycles. The first kappa shape index (κ1) is 27.9. The molecule has 5 aromatic rings. The SMILES string of the molecule is Cc1cc2cc(S(=O)(=O)O)cc(C)c2c(O)c1N=Nc1ccc(OCCOc2cc(C)c(O)c3ccccc23)cc1. The zero-order chi connectivity index (χ0) is 29.3. The Morgan fingerprint density at radius 1 is 0.732 bits per heavy atom. The number of nitrogens with zero attached hydrogens (tertiary/aromatic N) is 2. The Hall–Kier alpha value is -4.67. The van der Waals surface area contributed by atoms with Gasteiger partial charge in [0.1, 0.15) is 36.1 Å². The van der Waals surface area contributed by atoms with Gasteiger partial charge < -0.3 is 19.7 Å². The van der Waals surface area contributed by atoms with Gasteiger partial charge in [0.25, 0.3) is 10.1 Å². The van der Waals surface area contributed by atoms with Gasteiger partial charge in [-0.2, -0.15) is 13.5 Å². The molecule has 0 aliphatic rings. The number of rotatable bonds is 8. The first-order valence-electron chi connectivity index (χ1n) is 12.8. The van der Waals surface area contributed by atoms with Gasteiger partial charge >= 0.3 is 0 Å². The van der Waals surface area contributed by atoms with Crippen LogP contribution in [-0.4, -0.2) is 36.4 Å². The average Bonchev–Trinajstić information content (AvgIpc) is 2.93. The van der Waals surface area contributed by atoms with Gasteiger partial charge in [-0.1, -0.05) is 24.3 Å². The maximum absolute atomic E-state index is 11.6. The zero-order valence-electron chi connectivity index (χ0n) is 22.6. The topological polar surface area (TPSA) is 138 Å². The van der Waals surface area contributed by atoms with Crippen LogP contribution in [0.4, 0.5) is 11.4 Å². The standard InChI is InChI=1S/C31H28N2O7S/c1-18-15-24(41(36,37)38)17-21-14-19(2)29(31(35)28(18)21)33-32-22-8-10-23(11-9-22)39-12-13-40-27-16-20(3)30(34)26-7-5-4-6-25(26)27/h4-11,14-17,34-35H,12-13H2,1-3H3,(H,36,37,38). The van der Waals surface area contributed by atoms with Crippen molar-refractivity contribution in [3.05, 3.63) is 89.5 Å². The van der Waals surface area contributed by atoms with Gasteiger partial charge in [-0.15, -0.1) is 5.11 Å². The van der Waals surface area contributed by atoms with Crippen molar-refractivity contribution in [2.45, 2.75) is 25.7 Å². The number of aryl methyl sites for hydroxylation is 3. The third kappa shape index (κ3) is 5.79. The molecule has 9 nitrogen and oxygen atoms in total. The van der Waals surface area contributed by atoms with E-state index in [2.05, 4.69) is 10.2 Å². The van der Waals surface area contributed by atoms with Gasteiger partial charge in [-0.05, 0) is 91.4 Å². The molecule has 0 fully saturated rings. The summed E-state index contributed by atoms with van der Waals surface area (Å²) in [6.45, 7) is 5.81. The van der Waals surface area contributed by atoms with Crippen molar-refractivity contribution >= 4 is 43.0 Å². The first-order valence-corrected chi connectivity index (χ1v) is 14.2. The number of benzene rings is 5. The number of ether oxygens (including phenoxy) is 2. The maximum Gasteiger partial charge on any atom is 0.294 e. The van der Waals surface area contributed by atoms with Crippen LogP contribution >= 0.6 is 0 Å². The highest BCUT2D eigenvalue weighted by atomic mass is 32.2. The molecule has 0 saturated carbocycles. The molecule has 0 heterocycles. The minimum absolute atomic E-state index is 0.125. The predicted molar refractivity (Wildman–Crippen MR) is 157 cm³/mol. The van der Waals surface area contributed by atoms with Crippen molar-refractivity contribution in [1.29, 1.82) is 0 Å². The summed E-state index contributed by atoms with van der Waals surface area (Å²) in [5.74, 6) is 1.42. The van der Waals surface area contributed by atoms with Gasteiger partial charge in [0.15, 0.2) is 5.75 Å². The second-order valence-corrected chi connectivity index (χ2v) is 11.1. The lowest BCUT2D eigenvalue weighted by Crippen LogP contribution is -2.09. The molecule has 5 aromatic carbocycles. The lowest BCUT2D eigenvalue weighted by atomic mass is 10.0. The van der Waals surface area contributed by atoms with Crippen LogP contribution in [0.2, 0.25) is 0 Å². The van der Waals surface area contributed by atoms with Gasteiger partial charge in [-0.3, -0.25) is 4.55 Å². The summed E-state index contributed by atoms with van der Waals surface area (Å²) in [5, 5.41) is 32.2. The molecule has 0 atom stereocenters. The molecular formula is C31H28N2O7S. The van der Waals surface area contributed by atoms with E-state index in [0.29, 0.717) is 52.3 Å². The quantitative estimate of drug-likeness (QED) is 0.0997. The average molecular weight is 573 g/mol. The van der Waals surface area contributed by atoms with Crippen LogP contribution in [0.25, 0.3) is 21.5 Å². The monoisotopic (exact) mass is 572 g/mol. The van der Waals surface area contributed by atoms with Gasteiger partial charge in [-0.25, -0.2) is 0 Å². The van der Waals surface area contributed by atoms with Crippen LogP contribution in [0.15, 0.2) is 87.9 Å². The number of phenolic OH excluding ortho intramolecular Hbond substituents is 2. The molecule has 0 unspecified atom stereocenters. The van der Waals surface area contributed by atoms with Crippen molar-refractivity contribution in [2.75, 3.05) is 13.2 Å². The number of hydrogen-bond donors (Lipinski definition) is 3. The molecule has 0 saturated heterocycles. The first-order chi connectivity index (χ1) is 19.5. The summed E-state index contributed by atoms with van der Waals surface area (Å²) in [6.07, 6.45) is 0. The lowest BCUT2D eigenvalue weighted by Gasteiger charge is -2.13. The number of azo groups is 1. The largest absolute Gasteiger partial charge is 0.507 e. The highest BCUT2D eigenvalue weighted by Crippen LogP contribution is 2.41. The molecule has 3 N–H and O–H groups in total. The summed E-state index contributed by atoms with van der Waals surface area (Å²) < 4.78 is 44.3. The summed E-state index contributed by atoms with van der Waals surface area (Å²) in [6, 6.07) is 20.6. The molecular weight excluding hydrogens is 544 g/mol. The highest BCUT2D eigenvalue weighted by Gasteiger charge is 2.17. The molecule has 5 rings (SSSR count). The van der Waals surface area contributed by atoms with E-state index in [0.717, 1.165) is 16.3 Å². The Kier molecular flexibility index (Phi) is 7.53. The van der Waals surface area contributed by atoms with Crippen molar-refractivity contribution in [3.63, 3.8) is 0 Å². The van der Waals surface area contributed by atoms with Crippen molar-refractivity contribution in [2.24, 2.45) is 10.2 Å². The molecule has 210 valence electrons. The zero-order valence-corrected chi connectivity index (χ0v) is 23.4. The summed E-state index contributed by atoms with van der Waals surface area (Å²) in [7, 11) is -4.38. The second-order valence-electron chi connectivity index (χ2n) is 9.68. The number of aromatic hydroxyl groups is 2. The fraction of sp³-hybridized carbons (Fsp3) is 0.161. The Labute approximate surface area is 237 Å². The molecule has 0 amide bonds. The summed E-state index contributed by atoms with van der Waals surface area (Å²) in [4.78, 5) is -0.242. The fourth-order valence-corrected chi connectivity index (χ4v) is 5.31. The van der Waals surface area contributed by atoms with Crippen LogP contribution in [0, 0.1) is 20.8 Å². The van der Waals surface area contributed by atoms with Crippen LogP contribution in [0.5, 0.6) is 23.0 Å². The normalized spacial score (nSPS) is 11.9. The van der Waals surface area contributed by atoms with Gasteiger partial charge in [0.05, 0.1) is 10.6 Å². The van der Waals surface area contributed by atoms with E-state index in [4.69, 9.17) is 9.47 Å². The van der Waals surface area contributed by atoms with Crippen LogP contribution in [-0.2, 0) is 10.1 Å². The third-order valence-corrected chi connectivity index (χ3v) is 7.56. The second kappa shape index (κ2) is 11.1. The molecule has 41 heavy (non-hydrogen) atoms. The molecule has 0 bridgehead atoms. The van der Waals surface area contributed by atoms with E-state index in [9.17, 15) is 23.2 Å². The van der Waals surface area contributed by atoms with Gasteiger partial charge in [0, 0.05) is 16.2 Å². The van der Waals surface area contributed by atoms with E-state index in [-0.39, 0.29) is 22.1 Å². The molecule has 10 heteroatoms. The third-order valence-electron chi connectivity index (χ3n) is 6.72. The van der Waals surface area contributed by atoms with Crippen LogP contribution in [0.3, 0.4) is 0 Å². The smallest absolute Gasteiger partial charge is 0.294 e. The Balaban J connectivity index is 1.25. The van der Waals surface area contributed by atoms with E-state index < -0.39 is 10.1 Å². The maximum atomic E-state index is 11.6. The Bertz CT molecular complexity index is 1920. The van der Waals surface area contributed by atoms with Crippen molar-refractivity contribution < 1.29 is 32.7 Å². The predicted octanol–water partition coefficient (Wildman–Crippen LogP) is 7.45. The van der Waals surface area contributed by atoms with E-state index >= 15 is 0 Å². The van der Waals surface area contributed by atoms with E-state index in [1.807, 2.05) is 37.3 Å². The lowest BCUT2D eigenvalue weighted by molar-refractivity contribution is 0.218. The van der Waals surface area contributed by atoms with Crippen molar-refractivity contribution in [3.8, 4) is 23.0 Å². The van der Waals surface area contributed by atoms with E-state index in [1.54, 1.807) is 44.2 Å². The summed E-state index contributed by atoms with van der Waals surface area (Å²) >= 11 is 0. The van der Waals surface area contributed by atoms with Crippen molar-refractivity contribution in [1.82, 2.24) is 0 Å². The molecule has 0 aliphatic carbocycles. The molecule has 0 radical (unpaired) electrons. The van der Waals surface area contributed by atoms with Crippen LogP contribution in [0.1, 0.15) is 16.7 Å². The Morgan fingerprint density at radius 2 is 1.41 bits per heavy atom. The van der Waals surface area contributed by atoms with Gasteiger partial charge in [0.2, 0.25) is 0 Å². The minimum atomic E-state index is -4.38. The van der Waals surface area contributed by atoms with Crippen LogP contribution < -0.4 is 9.47 Å². The number of fused-ring (bicyclic) bond motifs is 2. The number of hydrogen-bond acceptors (Lipinski definition) is 8. The highest BCUT2D eigenvalue weighted by molar-refractivity contribution is 7.85. The fourth-order valence-electron chi connectivity index (χ4n) is 4.71.